The first-order valence-corrected chi connectivity index (χ1v) is 7.37. The van der Waals surface area contributed by atoms with Crippen LogP contribution in [0.1, 0.15) is 36.2 Å². The van der Waals surface area contributed by atoms with Gasteiger partial charge in [0.15, 0.2) is 0 Å². The number of nitrogens with zero attached hydrogens (tertiary/aromatic N) is 2. The molecule has 1 saturated heterocycles. The molecule has 0 N–H and O–H groups in total. The second-order valence-corrected chi connectivity index (χ2v) is 6.15. The average molecular weight is 266 g/mol. The summed E-state index contributed by atoms with van der Waals surface area (Å²) in [6.45, 7) is 1.74. The quantitative estimate of drug-likeness (QED) is 0.824. The van der Waals surface area contributed by atoms with E-state index in [0.717, 1.165) is 25.9 Å². The lowest BCUT2D eigenvalue weighted by Crippen LogP contribution is -2.50. The average Bonchev–Trinajstić information content (AvgIpc) is 2.89. The van der Waals surface area contributed by atoms with Crippen LogP contribution in [0.4, 0.5) is 0 Å². The van der Waals surface area contributed by atoms with Gasteiger partial charge >= 0.3 is 0 Å². The number of hydrogen-bond acceptors (Lipinski definition) is 4. The molecule has 98 valence electrons. The summed E-state index contributed by atoms with van der Waals surface area (Å²) in [6.07, 6.45) is 5.02. The van der Waals surface area contributed by atoms with Crippen LogP contribution in [0.3, 0.4) is 0 Å². The smallest absolute Gasteiger partial charge is 0.273 e. The standard InChI is InChI=1S/C13H18N2O2S/c1-17-10-6-13(7-10)2-4-15(5-3-13)12(16)11-8-18-9-14-11/h8-10H,2-7H2,1H3. The molecule has 2 heterocycles. The molecule has 4 nitrogen and oxygen atoms in total. The highest BCUT2D eigenvalue weighted by atomic mass is 32.1. The number of likely N-dealkylation sites (tertiary alicyclic amines) is 1. The second-order valence-electron chi connectivity index (χ2n) is 5.43. The van der Waals surface area contributed by atoms with E-state index in [1.165, 1.54) is 24.2 Å². The van der Waals surface area contributed by atoms with Crippen molar-refractivity contribution in [3.8, 4) is 0 Å². The molecule has 1 amide bonds. The van der Waals surface area contributed by atoms with E-state index in [2.05, 4.69) is 4.98 Å². The largest absolute Gasteiger partial charge is 0.381 e. The van der Waals surface area contributed by atoms with Crippen LogP contribution in [0, 0.1) is 5.41 Å². The normalized spacial score (nSPS) is 23.1. The molecule has 1 saturated carbocycles. The number of rotatable bonds is 2. The number of amides is 1. The summed E-state index contributed by atoms with van der Waals surface area (Å²) in [5.41, 5.74) is 2.77. The third kappa shape index (κ3) is 2.06. The van der Waals surface area contributed by atoms with Gasteiger partial charge in [-0.2, -0.15) is 0 Å². The van der Waals surface area contributed by atoms with Crippen LogP contribution < -0.4 is 0 Å². The van der Waals surface area contributed by atoms with Crippen LogP contribution in [0.2, 0.25) is 0 Å². The zero-order chi connectivity index (χ0) is 12.6. The summed E-state index contributed by atoms with van der Waals surface area (Å²) in [5.74, 6) is 0.0914. The maximum Gasteiger partial charge on any atom is 0.273 e. The summed E-state index contributed by atoms with van der Waals surface area (Å²) >= 11 is 1.48. The van der Waals surface area contributed by atoms with E-state index >= 15 is 0 Å². The van der Waals surface area contributed by atoms with Gasteiger partial charge in [0.1, 0.15) is 5.69 Å². The van der Waals surface area contributed by atoms with Gasteiger partial charge < -0.3 is 9.64 Å². The molecule has 3 rings (SSSR count). The molecule has 0 aromatic carbocycles. The number of aromatic nitrogens is 1. The minimum absolute atomic E-state index is 0.0914. The van der Waals surface area contributed by atoms with Crippen molar-refractivity contribution in [1.82, 2.24) is 9.88 Å². The first-order chi connectivity index (χ1) is 8.72. The minimum atomic E-state index is 0.0914. The van der Waals surface area contributed by atoms with E-state index in [4.69, 9.17) is 4.74 Å². The van der Waals surface area contributed by atoms with Gasteiger partial charge in [0, 0.05) is 25.6 Å². The fraction of sp³-hybridized carbons (Fsp3) is 0.692. The number of piperidine rings is 1. The van der Waals surface area contributed by atoms with Crippen molar-refractivity contribution in [2.45, 2.75) is 31.8 Å². The summed E-state index contributed by atoms with van der Waals surface area (Å²) in [5, 5.41) is 1.83. The molecule has 5 heteroatoms. The van der Waals surface area contributed by atoms with Gasteiger partial charge in [-0.3, -0.25) is 4.79 Å². The number of hydrogen-bond donors (Lipinski definition) is 0. The Morgan fingerprint density at radius 1 is 1.50 bits per heavy atom. The molecule has 0 bridgehead atoms. The molecule has 0 radical (unpaired) electrons. The van der Waals surface area contributed by atoms with Crippen molar-refractivity contribution in [3.05, 3.63) is 16.6 Å². The Kier molecular flexibility index (Phi) is 3.11. The Labute approximate surface area is 111 Å². The van der Waals surface area contributed by atoms with Crippen LogP contribution >= 0.6 is 11.3 Å². The van der Waals surface area contributed by atoms with Crippen molar-refractivity contribution >= 4 is 17.2 Å². The SMILES string of the molecule is COC1CC2(CCN(C(=O)c3cscn3)CC2)C1. The van der Waals surface area contributed by atoms with Crippen LogP contribution in [0.25, 0.3) is 0 Å². The fourth-order valence-corrected chi connectivity index (χ4v) is 3.67. The number of ether oxygens (including phenoxy) is 1. The van der Waals surface area contributed by atoms with E-state index in [0.29, 0.717) is 17.2 Å². The van der Waals surface area contributed by atoms with Crippen molar-refractivity contribution < 1.29 is 9.53 Å². The van der Waals surface area contributed by atoms with E-state index < -0.39 is 0 Å². The van der Waals surface area contributed by atoms with Crippen molar-refractivity contribution in [2.24, 2.45) is 5.41 Å². The maximum absolute atomic E-state index is 12.1. The van der Waals surface area contributed by atoms with Gasteiger partial charge in [0.2, 0.25) is 0 Å². The summed E-state index contributed by atoms with van der Waals surface area (Å²) in [4.78, 5) is 18.2. The van der Waals surface area contributed by atoms with Gasteiger partial charge in [-0.25, -0.2) is 4.98 Å². The van der Waals surface area contributed by atoms with Crippen molar-refractivity contribution in [3.63, 3.8) is 0 Å². The Hall–Kier alpha value is -0.940. The van der Waals surface area contributed by atoms with E-state index in [1.807, 2.05) is 10.3 Å². The van der Waals surface area contributed by atoms with Crippen LogP contribution in [-0.4, -0.2) is 42.1 Å². The Bertz CT molecular complexity index is 416. The number of methoxy groups -OCH3 is 1. The molecule has 1 aromatic heterocycles. The zero-order valence-electron chi connectivity index (χ0n) is 10.6. The third-order valence-corrected chi connectivity index (χ3v) is 5.00. The molecule has 2 aliphatic rings. The van der Waals surface area contributed by atoms with Gasteiger partial charge in [-0.1, -0.05) is 0 Å². The monoisotopic (exact) mass is 266 g/mol. The summed E-state index contributed by atoms with van der Waals surface area (Å²) in [6, 6.07) is 0. The highest BCUT2D eigenvalue weighted by Gasteiger charge is 2.46. The number of thiazole rings is 1. The molecule has 0 unspecified atom stereocenters. The Balaban J connectivity index is 1.56. The Morgan fingerprint density at radius 3 is 2.78 bits per heavy atom. The molecule has 0 atom stereocenters. The van der Waals surface area contributed by atoms with Crippen molar-refractivity contribution in [2.75, 3.05) is 20.2 Å². The zero-order valence-corrected chi connectivity index (χ0v) is 11.4. The topological polar surface area (TPSA) is 42.4 Å². The first kappa shape index (κ1) is 12.1. The highest BCUT2D eigenvalue weighted by molar-refractivity contribution is 7.07. The van der Waals surface area contributed by atoms with Gasteiger partial charge in [-0.05, 0) is 31.1 Å². The third-order valence-electron chi connectivity index (χ3n) is 4.42. The molecule has 1 spiro atoms. The van der Waals surface area contributed by atoms with E-state index in [1.54, 1.807) is 12.6 Å². The lowest BCUT2D eigenvalue weighted by Gasteiger charge is -2.51. The van der Waals surface area contributed by atoms with Crippen LogP contribution in [0.15, 0.2) is 10.9 Å². The molecule has 1 aliphatic heterocycles. The number of carbonyl (C=O) groups excluding carboxylic acids is 1. The fourth-order valence-electron chi connectivity index (χ4n) is 3.15. The summed E-state index contributed by atoms with van der Waals surface area (Å²) in [7, 11) is 1.79. The molecule has 18 heavy (non-hydrogen) atoms. The van der Waals surface area contributed by atoms with Crippen molar-refractivity contribution in [1.29, 1.82) is 0 Å². The lowest BCUT2D eigenvalue weighted by molar-refractivity contribution is -0.0841. The Morgan fingerprint density at radius 2 is 2.22 bits per heavy atom. The molecular weight excluding hydrogens is 248 g/mol. The van der Waals surface area contributed by atoms with Gasteiger partial charge in [0.05, 0.1) is 11.6 Å². The van der Waals surface area contributed by atoms with Crippen LogP contribution in [-0.2, 0) is 4.74 Å². The minimum Gasteiger partial charge on any atom is -0.381 e. The predicted octanol–water partition coefficient (Wildman–Crippen LogP) is 2.17. The molecule has 2 fully saturated rings. The summed E-state index contributed by atoms with van der Waals surface area (Å²) < 4.78 is 5.36. The number of carbonyl (C=O) groups is 1. The van der Waals surface area contributed by atoms with Gasteiger partial charge in [-0.15, -0.1) is 11.3 Å². The first-order valence-electron chi connectivity index (χ1n) is 6.43. The van der Waals surface area contributed by atoms with E-state index in [-0.39, 0.29) is 5.91 Å². The molecule has 1 aromatic rings. The highest BCUT2D eigenvalue weighted by Crippen LogP contribution is 2.50. The van der Waals surface area contributed by atoms with Crippen LogP contribution in [0.5, 0.6) is 0 Å². The predicted molar refractivity (Wildman–Crippen MR) is 69.7 cm³/mol. The molecule has 1 aliphatic carbocycles. The lowest BCUT2D eigenvalue weighted by atomic mass is 9.61. The van der Waals surface area contributed by atoms with E-state index in [9.17, 15) is 4.79 Å². The second kappa shape index (κ2) is 4.63. The van der Waals surface area contributed by atoms with Gasteiger partial charge in [0.25, 0.3) is 5.91 Å². The molecular formula is C13H18N2O2S. The maximum atomic E-state index is 12.1.